The van der Waals surface area contributed by atoms with Crippen LogP contribution in [-0.4, -0.2) is 149 Å². The Morgan fingerprint density at radius 3 is 2.16 bits per heavy atom. The minimum Gasteiger partial charge on any atom is -0.507 e. The molecule has 0 radical (unpaired) electrons. The number of Topliss-reactive ketones (excluding diaryl/α,β-unsaturated/α-hetero) is 2. The van der Waals surface area contributed by atoms with Crippen molar-refractivity contribution in [2.24, 2.45) is 0 Å². The van der Waals surface area contributed by atoms with Gasteiger partial charge in [0.05, 0.1) is 53.8 Å². The van der Waals surface area contributed by atoms with Crippen molar-refractivity contribution in [2.75, 3.05) is 21.2 Å². The van der Waals surface area contributed by atoms with Crippen LogP contribution in [0.1, 0.15) is 115 Å². The van der Waals surface area contributed by atoms with E-state index in [0.717, 1.165) is 25.3 Å². The first-order valence-corrected chi connectivity index (χ1v) is 20.4. The summed E-state index contributed by atoms with van der Waals surface area (Å²) in [6, 6.07) is 2.87. The molecule has 4 aliphatic heterocycles. The van der Waals surface area contributed by atoms with Gasteiger partial charge >= 0.3 is 5.97 Å². The molecule has 6 aliphatic rings. The normalized spacial score (nSPS) is 36.9. The number of rotatable bonds is 8. The number of ketones is 4. The summed E-state index contributed by atoms with van der Waals surface area (Å²) in [5.41, 5.74) is -4.36. The van der Waals surface area contributed by atoms with Gasteiger partial charge in [0.15, 0.2) is 30.4 Å². The molecule has 4 fully saturated rings. The largest absolute Gasteiger partial charge is 0.507 e. The van der Waals surface area contributed by atoms with Crippen molar-refractivity contribution in [2.45, 2.75) is 145 Å². The Bertz CT molecular complexity index is 2160. The van der Waals surface area contributed by atoms with Crippen molar-refractivity contribution in [3.05, 3.63) is 51.6 Å². The maximum absolute atomic E-state index is 14.0. The number of likely N-dealkylation sites (N-methyl/N-ethyl adjacent to an activating group) is 1. The first kappa shape index (κ1) is 43.3. The third-order valence-corrected chi connectivity index (χ3v) is 12.8. The number of aromatic hydroxyl groups is 3. The highest BCUT2D eigenvalue weighted by Gasteiger charge is 2.55. The first-order valence-electron chi connectivity index (χ1n) is 20.4. The van der Waals surface area contributed by atoms with Crippen molar-refractivity contribution in [1.29, 1.82) is 0 Å². The number of phenols is 3. The summed E-state index contributed by atoms with van der Waals surface area (Å²) in [5.74, 6) is -7.02. The zero-order chi connectivity index (χ0) is 44.0. The minimum absolute atomic E-state index is 0.0569. The number of hydrogen-bond acceptors (Lipinski definition) is 18. The van der Waals surface area contributed by atoms with Crippen molar-refractivity contribution in [3.8, 4) is 17.2 Å². The fourth-order valence-corrected chi connectivity index (χ4v) is 10.0. The number of benzene rings is 2. The van der Waals surface area contributed by atoms with Crippen LogP contribution in [-0.2, 0) is 52.3 Å². The van der Waals surface area contributed by atoms with Gasteiger partial charge < -0.3 is 63.2 Å². The second-order valence-electron chi connectivity index (χ2n) is 17.2. The van der Waals surface area contributed by atoms with Crippen LogP contribution in [0.25, 0.3) is 0 Å². The molecule has 0 bridgehead atoms. The second kappa shape index (κ2) is 16.1. The molecule has 330 valence electrons. The van der Waals surface area contributed by atoms with Gasteiger partial charge in [0.25, 0.3) is 0 Å². The van der Waals surface area contributed by atoms with Crippen LogP contribution in [0.15, 0.2) is 18.2 Å². The molecule has 2 aliphatic carbocycles. The number of ether oxygens (including phenoxy) is 8. The first-order chi connectivity index (χ1) is 28.8. The smallest absolute Gasteiger partial charge is 0.316 e. The van der Waals surface area contributed by atoms with Crippen LogP contribution in [0.5, 0.6) is 17.2 Å². The summed E-state index contributed by atoms with van der Waals surface area (Å²) < 4.78 is 49.4. The summed E-state index contributed by atoms with van der Waals surface area (Å²) in [5, 5.41) is 45.6. The Morgan fingerprint density at radius 1 is 0.852 bits per heavy atom. The highest BCUT2D eigenvalue weighted by atomic mass is 16.8. The molecule has 0 amide bonds. The predicted octanol–water partition coefficient (Wildman–Crippen LogP) is 2.45. The lowest BCUT2D eigenvalue weighted by Gasteiger charge is -2.51. The molecule has 4 N–H and O–H groups in total. The van der Waals surface area contributed by atoms with E-state index in [1.165, 1.54) is 6.92 Å². The number of fused-ring (bicyclic) bond motifs is 5. The van der Waals surface area contributed by atoms with Gasteiger partial charge in [-0.05, 0) is 65.6 Å². The number of methoxy groups -OCH3 is 1. The topological polar surface area (TPSA) is 243 Å². The Hall–Kier alpha value is -4.37. The van der Waals surface area contributed by atoms with Crippen molar-refractivity contribution >= 4 is 29.1 Å². The van der Waals surface area contributed by atoms with E-state index in [1.54, 1.807) is 13.8 Å². The van der Waals surface area contributed by atoms with E-state index >= 15 is 0 Å². The second-order valence-corrected chi connectivity index (χ2v) is 17.2. The van der Waals surface area contributed by atoms with E-state index in [9.17, 15) is 44.4 Å². The highest BCUT2D eigenvalue weighted by molar-refractivity contribution is 6.31. The van der Waals surface area contributed by atoms with E-state index < -0.39 is 155 Å². The molecule has 18 heteroatoms. The number of aliphatic hydroxyl groups is 1. The molecule has 4 heterocycles. The van der Waals surface area contributed by atoms with Gasteiger partial charge in [-0.25, -0.2) is 0 Å². The lowest BCUT2D eigenvalue weighted by Crippen LogP contribution is -2.62. The molecule has 18 nitrogen and oxygen atoms in total. The van der Waals surface area contributed by atoms with Crippen LogP contribution in [0, 0.1) is 0 Å². The predicted molar refractivity (Wildman–Crippen MR) is 206 cm³/mol. The summed E-state index contributed by atoms with van der Waals surface area (Å²) in [6.07, 6.45) is -7.92. The van der Waals surface area contributed by atoms with E-state index in [-0.39, 0.29) is 35.8 Å². The van der Waals surface area contributed by atoms with Crippen LogP contribution in [0.3, 0.4) is 0 Å². The molecule has 14 atom stereocenters. The summed E-state index contributed by atoms with van der Waals surface area (Å²) >= 11 is 0. The lowest BCUT2D eigenvalue weighted by atomic mass is 9.66. The number of esters is 1. The van der Waals surface area contributed by atoms with Crippen LogP contribution in [0.2, 0.25) is 0 Å². The third kappa shape index (κ3) is 7.44. The Labute approximate surface area is 350 Å². The van der Waals surface area contributed by atoms with Gasteiger partial charge in [0, 0.05) is 49.3 Å². The average molecular weight is 854 g/mol. The van der Waals surface area contributed by atoms with Crippen molar-refractivity contribution < 1.29 is 82.3 Å². The van der Waals surface area contributed by atoms with Gasteiger partial charge in [-0.2, -0.15) is 0 Å². The Morgan fingerprint density at radius 2 is 1.51 bits per heavy atom. The lowest BCUT2D eigenvalue weighted by molar-refractivity contribution is -0.370. The number of nitrogens with zero attached hydrogens (tertiary/aromatic N) is 1. The number of hydrogen-bond donors (Lipinski definition) is 4. The third-order valence-electron chi connectivity index (χ3n) is 12.8. The highest BCUT2D eigenvalue weighted by Crippen LogP contribution is 2.54. The Kier molecular flexibility index (Phi) is 11.4. The van der Waals surface area contributed by atoms with Crippen LogP contribution >= 0.6 is 0 Å². The van der Waals surface area contributed by atoms with Crippen LogP contribution in [0.4, 0.5) is 0 Å². The summed E-state index contributed by atoms with van der Waals surface area (Å²) in [4.78, 5) is 68.5. The molecule has 4 saturated heterocycles. The zero-order valence-corrected chi connectivity index (χ0v) is 34.8. The molecular formula is C43H51NO17. The average Bonchev–Trinajstić information content (AvgIpc) is 3.17. The zero-order valence-electron chi connectivity index (χ0n) is 34.8. The monoisotopic (exact) mass is 853 g/mol. The van der Waals surface area contributed by atoms with E-state index in [1.807, 2.05) is 25.9 Å². The fraction of sp³-hybridized carbons (Fsp3) is 0.605. The minimum atomic E-state index is -2.17. The SMILES string of the molecule is COC(=O)[C@@H]1c2cc3c(c(O)c2[C@@H](O[C@H]2C[C@H](N(C)C)[C@H](O[C@H]4C[C@@H]5O[C@@H]6O[C@@H](C)C(=O)C[C@@H]6O[C@@H]5[C@H](C)O4)[C@H](C)O2)C[C@]1(O)CC(C)=O)C(=O)c1c(O)ccc(O)c1C3=O. The Balaban J connectivity index is 1.09. The van der Waals surface area contributed by atoms with Crippen molar-refractivity contribution in [3.63, 3.8) is 0 Å². The molecule has 0 spiro atoms. The molecule has 0 unspecified atom stereocenters. The molecule has 0 saturated carbocycles. The summed E-state index contributed by atoms with van der Waals surface area (Å²) in [6.45, 7) is 6.56. The van der Waals surface area contributed by atoms with Gasteiger partial charge in [0.1, 0.15) is 53.4 Å². The van der Waals surface area contributed by atoms with E-state index in [2.05, 4.69) is 0 Å². The van der Waals surface area contributed by atoms with E-state index in [0.29, 0.717) is 6.42 Å². The number of carbonyl (C=O) groups excluding carboxylic acids is 5. The molecule has 2 aromatic carbocycles. The molecule has 0 aromatic heterocycles. The molecule has 61 heavy (non-hydrogen) atoms. The number of carbonyl (C=O) groups is 5. The maximum atomic E-state index is 14.0. The quantitative estimate of drug-likeness (QED) is 0.188. The summed E-state index contributed by atoms with van der Waals surface area (Å²) in [7, 11) is 4.79. The fourth-order valence-electron chi connectivity index (χ4n) is 10.0. The maximum Gasteiger partial charge on any atom is 0.316 e. The van der Waals surface area contributed by atoms with Gasteiger partial charge in [-0.3, -0.25) is 24.0 Å². The molecule has 2 aromatic rings. The van der Waals surface area contributed by atoms with Gasteiger partial charge in [0.2, 0.25) is 5.78 Å². The molecule has 8 rings (SSSR count). The molecular weight excluding hydrogens is 802 g/mol. The van der Waals surface area contributed by atoms with Crippen LogP contribution < -0.4 is 0 Å². The van der Waals surface area contributed by atoms with E-state index in [4.69, 9.17) is 37.9 Å². The standard InChI is InChI=1S/C43H51NO17/c1-16(45)14-43(53)15-28(31-20(35(43)41(52)54-7)10-21-32(37(31)50)38(51)34-24(47)9-8-23(46)33(34)36(21)49)58-29-11-22(44(5)6)39(18(3)55-29)61-30-13-26-40(19(4)56-30)59-27-12-25(48)17(2)57-42(27)60-26/h8-10,17-19,22,26-30,35,39-40,42,46-47,50,53H,11-15H2,1-7H3/t17-,18-,19-,22-,26-,27-,28-,29-,30-,35-,39+,40+,42-,43+/m0/s1. The number of phenolic OH excluding ortho intramolecular Hbond substituents is 3. The van der Waals surface area contributed by atoms with Crippen molar-refractivity contribution in [1.82, 2.24) is 4.90 Å². The van der Waals surface area contributed by atoms with Gasteiger partial charge in [-0.1, -0.05) is 0 Å². The van der Waals surface area contributed by atoms with Gasteiger partial charge in [-0.15, -0.1) is 0 Å².